The van der Waals surface area contributed by atoms with Gasteiger partial charge in [-0.25, -0.2) is 0 Å². The average Bonchev–Trinajstić information content (AvgIpc) is 3.18. The summed E-state index contributed by atoms with van der Waals surface area (Å²) in [5.41, 5.74) is 5.45. The zero-order valence-electron chi connectivity index (χ0n) is 16.5. The highest BCUT2D eigenvalue weighted by atomic mass is 16.3. The molecular weight excluding hydrogens is 360 g/mol. The fourth-order valence-electron chi connectivity index (χ4n) is 3.87. The van der Waals surface area contributed by atoms with Crippen molar-refractivity contribution in [1.29, 1.82) is 0 Å². The molecule has 29 heavy (non-hydrogen) atoms. The van der Waals surface area contributed by atoms with Crippen molar-refractivity contribution < 1.29 is 5.11 Å². The molecule has 0 amide bonds. The van der Waals surface area contributed by atoms with Gasteiger partial charge in [-0.05, 0) is 49.6 Å². The molecule has 0 saturated carbocycles. The molecule has 2 aromatic heterocycles. The zero-order valence-corrected chi connectivity index (χ0v) is 16.5. The van der Waals surface area contributed by atoms with Gasteiger partial charge in [0, 0.05) is 35.5 Å². The van der Waals surface area contributed by atoms with E-state index in [9.17, 15) is 5.11 Å². The Morgan fingerprint density at radius 2 is 1.69 bits per heavy atom. The van der Waals surface area contributed by atoms with Crippen molar-refractivity contribution in [3.05, 3.63) is 83.9 Å². The summed E-state index contributed by atoms with van der Waals surface area (Å²) >= 11 is 0. The number of fused-ring (bicyclic) bond motifs is 3. The molecule has 5 rings (SSSR count). The minimum Gasteiger partial charge on any atom is -0.386 e. The standard InChI is InChI=1S/C24H22N4O/c1-24(2,29)20-13-19(14-25-15-20)17-8-10-21-18(12-17)9-11-22-26-27-23(28(21)22)16-6-4-3-5-7-16/h3-8,10,12-15,29H,9,11H2,1-2H3. The first-order valence-corrected chi connectivity index (χ1v) is 9.82. The van der Waals surface area contributed by atoms with Crippen LogP contribution >= 0.6 is 0 Å². The Kier molecular flexibility index (Phi) is 4.07. The normalized spacial score (nSPS) is 13.1. The second-order valence-electron chi connectivity index (χ2n) is 8.01. The van der Waals surface area contributed by atoms with E-state index >= 15 is 0 Å². The number of nitrogens with zero attached hydrogens (tertiary/aromatic N) is 4. The number of hydrogen-bond acceptors (Lipinski definition) is 4. The van der Waals surface area contributed by atoms with Gasteiger partial charge in [-0.3, -0.25) is 9.55 Å². The molecule has 0 spiro atoms. The van der Waals surface area contributed by atoms with Gasteiger partial charge in [0.25, 0.3) is 0 Å². The molecule has 0 bridgehead atoms. The van der Waals surface area contributed by atoms with E-state index in [1.165, 1.54) is 5.56 Å². The maximum atomic E-state index is 10.3. The molecule has 0 aliphatic carbocycles. The molecule has 144 valence electrons. The van der Waals surface area contributed by atoms with Crippen LogP contribution in [-0.2, 0) is 18.4 Å². The van der Waals surface area contributed by atoms with E-state index in [2.05, 4.69) is 50.1 Å². The molecule has 0 unspecified atom stereocenters. The van der Waals surface area contributed by atoms with E-state index in [1.54, 1.807) is 20.0 Å². The van der Waals surface area contributed by atoms with Crippen molar-refractivity contribution in [1.82, 2.24) is 19.7 Å². The van der Waals surface area contributed by atoms with Crippen LogP contribution in [0.4, 0.5) is 0 Å². The second kappa shape index (κ2) is 6.64. The Hall–Kier alpha value is -3.31. The van der Waals surface area contributed by atoms with Crippen molar-refractivity contribution in [2.75, 3.05) is 0 Å². The SMILES string of the molecule is CC(C)(O)c1cncc(-c2ccc3c(c2)CCc2nnc(-c4ccccc4)n2-3)c1. The number of pyridine rings is 1. The number of benzene rings is 2. The Balaban J connectivity index is 1.59. The van der Waals surface area contributed by atoms with E-state index in [1.807, 2.05) is 30.5 Å². The number of aryl methyl sites for hydroxylation is 2. The van der Waals surface area contributed by atoms with Gasteiger partial charge in [0.15, 0.2) is 5.82 Å². The van der Waals surface area contributed by atoms with Gasteiger partial charge in [-0.2, -0.15) is 0 Å². The van der Waals surface area contributed by atoms with E-state index in [4.69, 9.17) is 0 Å². The highest BCUT2D eigenvalue weighted by Crippen LogP contribution is 2.33. The van der Waals surface area contributed by atoms with Crippen LogP contribution in [0.15, 0.2) is 67.0 Å². The molecule has 0 fully saturated rings. The fourth-order valence-corrected chi connectivity index (χ4v) is 3.87. The molecule has 2 aromatic carbocycles. The minimum atomic E-state index is -0.917. The third kappa shape index (κ3) is 3.13. The van der Waals surface area contributed by atoms with Crippen molar-refractivity contribution >= 4 is 0 Å². The predicted octanol–water partition coefficient (Wildman–Crippen LogP) is 4.32. The lowest BCUT2D eigenvalue weighted by molar-refractivity contribution is 0.0783. The molecule has 3 heterocycles. The van der Waals surface area contributed by atoms with Crippen molar-refractivity contribution in [2.45, 2.75) is 32.3 Å². The van der Waals surface area contributed by atoms with Crippen molar-refractivity contribution in [3.8, 4) is 28.2 Å². The summed E-state index contributed by atoms with van der Waals surface area (Å²) in [5.74, 6) is 1.87. The molecule has 0 atom stereocenters. The van der Waals surface area contributed by atoms with Gasteiger partial charge in [0.1, 0.15) is 5.82 Å². The lowest BCUT2D eigenvalue weighted by atomic mass is 9.94. The van der Waals surface area contributed by atoms with Gasteiger partial charge < -0.3 is 5.11 Å². The smallest absolute Gasteiger partial charge is 0.168 e. The quantitative estimate of drug-likeness (QED) is 0.573. The van der Waals surface area contributed by atoms with E-state index in [-0.39, 0.29) is 0 Å². The molecule has 1 aliphatic rings. The van der Waals surface area contributed by atoms with Crippen molar-refractivity contribution in [3.63, 3.8) is 0 Å². The molecule has 5 heteroatoms. The number of aliphatic hydroxyl groups is 1. The van der Waals surface area contributed by atoms with E-state index < -0.39 is 5.60 Å². The highest BCUT2D eigenvalue weighted by molar-refractivity contribution is 5.69. The Labute approximate surface area is 169 Å². The van der Waals surface area contributed by atoms with Crippen LogP contribution < -0.4 is 0 Å². The second-order valence-corrected chi connectivity index (χ2v) is 8.01. The van der Waals surface area contributed by atoms with Gasteiger partial charge >= 0.3 is 0 Å². The average molecular weight is 382 g/mol. The van der Waals surface area contributed by atoms with Crippen LogP contribution in [-0.4, -0.2) is 24.9 Å². The first kappa shape index (κ1) is 17.8. The minimum absolute atomic E-state index is 0.806. The Morgan fingerprint density at radius 1 is 0.862 bits per heavy atom. The zero-order chi connectivity index (χ0) is 20.0. The maximum Gasteiger partial charge on any atom is 0.168 e. The first-order chi connectivity index (χ1) is 14.0. The third-order valence-corrected chi connectivity index (χ3v) is 5.48. The summed E-state index contributed by atoms with van der Waals surface area (Å²) < 4.78 is 2.17. The van der Waals surface area contributed by atoms with E-state index in [0.29, 0.717) is 0 Å². The van der Waals surface area contributed by atoms with Crippen LogP contribution in [0, 0.1) is 0 Å². The van der Waals surface area contributed by atoms with Crippen LogP contribution in [0.5, 0.6) is 0 Å². The lowest BCUT2D eigenvalue weighted by Gasteiger charge is -2.21. The van der Waals surface area contributed by atoms with Gasteiger partial charge in [0.05, 0.1) is 11.3 Å². The lowest BCUT2D eigenvalue weighted by Crippen LogP contribution is -2.15. The fraction of sp³-hybridized carbons (Fsp3) is 0.208. The van der Waals surface area contributed by atoms with Gasteiger partial charge in [-0.1, -0.05) is 36.4 Å². The highest BCUT2D eigenvalue weighted by Gasteiger charge is 2.23. The summed E-state index contributed by atoms with van der Waals surface area (Å²) in [6, 6.07) is 18.6. The predicted molar refractivity (Wildman–Crippen MR) is 113 cm³/mol. The third-order valence-electron chi connectivity index (χ3n) is 5.48. The summed E-state index contributed by atoms with van der Waals surface area (Å²) in [7, 11) is 0. The summed E-state index contributed by atoms with van der Waals surface area (Å²) in [5, 5.41) is 19.2. The Morgan fingerprint density at radius 3 is 2.48 bits per heavy atom. The van der Waals surface area contributed by atoms with Gasteiger partial charge in [-0.15, -0.1) is 10.2 Å². The maximum absolute atomic E-state index is 10.3. The summed E-state index contributed by atoms with van der Waals surface area (Å²) in [6.45, 7) is 3.55. The first-order valence-electron chi connectivity index (χ1n) is 9.82. The summed E-state index contributed by atoms with van der Waals surface area (Å²) in [4.78, 5) is 4.34. The van der Waals surface area contributed by atoms with Crippen LogP contribution in [0.2, 0.25) is 0 Å². The van der Waals surface area contributed by atoms with E-state index in [0.717, 1.165) is 52.4 Å². The summed E-state index contributed by atoms with van der Waals surface area (Å²) in [6.07, 6.45) is 5.35. The van der Waals surface area contributed by atoms with Crippen LogP contribution in [0.25, 0.3) is 28.2 Å². The monoisotopic (exact) mass is 382 g/mol. The molecule has 1 N–H and O–H groups in total. The largest absolute Gasteiger partial charge is 0.386 e. The van der Waals surface area contributed by atoms with Gasteiger partial charge in [0.2, 0.25) is 0 Å². The molecule has 0 radical (unpaired) electrons. The molecule has 4 aromatic rings. The number of rotatable bonds is 3. The van der Waals surface area contributed by atoms with Crippen molar-refractivity contribution in [2.24, 2.45) is 0 Å². The number of hydrogen-bond donors (Lipinski definition) is 1. The van der Waals surface area contributed by atoms with Crippen LogP contribution in [0.1, 0.15) is 30.8 Å². The molecule has 1 aliphatic heterocycles. The Bertz CT molecular complexity index is 1190. The molecule has 5 nitrogen and oxygen atoms in total. The number of aromatic nitrogens is 4. The molecule has 0 saturated heterocycles. The molecular formula is C24H22N4O. The van der Waals surface area contributed by atoms with Crippen LogP contribution in [0.3, 0.4) is 0 Å². The topological polar surface area (TPSA) is 63.8 Å².